The van der Waals surface area contributed by atoms with Gasteiger partial charge in [0.05, 0.1) is 37.9 Å². The number of amides is 1. The fraction of sp³-hybridized carbons (Fsp3) is 0.533. The lowest BCUT2D eigenvalue weighted by molar-refractivity contribution is 0.0741. The third-order valence-corrected chi connectivity index (χ3v) is 6.71. The standard InChI is InChI=1S/C15H19NO6S/c1-20-12-5-4-11(13(21-2)14(12)22-3)15(17)16-7-10-6-9(16)8-23(10,18)19/h4-5,9-10H,6-8H2,1-3H3. The van der Waals surface area contributed by atoms with Crippen LogP contribution in [0.15, 0.2) is 12.1 Å². The van der Waals surface area contributed by atoms with Gasteiger partial charge in [0.2, 0.25) is 5.75 Å². The van der Waals surface area contributed by atoms with Crippen molar-refractivity contribution in [3.8, 4) is 17.2 Å². The third kappa shape index (κ3) is 2.41. The molecule has 3 rings (SSSR count). The number of carbonyl (C=O) groups excluding carboxylic acids is 1. The second kappa shape index (κ2) is 5.59. The van der Waals surface area contributed by atoms with E-state index in [0.717, 1.165) is 0 Å². The first-order valence-electron chi connectivity index (χ1n) is 7.24. The third-order valence-electron chi connectivity index (χ3n) is 4.50. The van der Waals surface area contributed by atoms with Crippen molar-refractivity contribution in [1.29, 1.82) is 0 Å². The number of rotatable bonds is 4. The predicted octanol–water partition coefficient (Wildman–Crippen LogP) is 0.724. The van der Waals surface area contributed by atoms with Crippen LogP contribution in [-0.2, 0) is 9.84 Å². The van der Waals surface area contributed by atoms with Crippen LogP contribution in [0.4, 0.5) is 0 Å². The summed E-state index contributed by atoms with van der Waals surface area (Å²) in [5.74, 6) is 0.899. The Balaban J connectivity index is 1.95. The quantitative estimate of drug-likeness (QED) is 0.803. The summed E-state index contributed by atoms with van der Waals surface area (Å²) in [6, 6.07) is 3.00. The molecule has 1 aromatic rings. The second-order valence-corrected chi connectivity index (χ2v) is 8.01. The molecule has 126 valence electrons. The Morgan fingerprint density at radius 3 is 2.30 bits per heavy atom. The summed E-state index contributed by atoms with van der Waals surface area (Å²) in [7, 11) is 1.38. The van der Waals surface area contributed by atoms with E-state index >= 15 is 0 Å². The van der Waals surface area contributed by atoms with E-state index in [1.54, 1.807) is 17.0 Å². The number of hydrogen-bond donors (Lipinski definition) is 0. The fourth-order valence-electron chi connectivity index (χ4n) is 3.37. The number of methoxy groups -OCH3 is 3. The van der Waals surface area contributed by atoms with Crippen molar-refractivity contribution in [3.63, 3.8) is 0 Å². The van der Waals surface area contributed by atoms with Gasteiger partial charge in [-0.3, -0.25) is 4.79 Å². The van der Waals surface area contributed by atoms with Gasteiger partial charge in [-0.1, -0.05) is 0 Å². The summed E-state index contributed by atoms with van der Waals surface area (Å²) in [4.78, 5) is 14.5. The monoisotopic (exact) mass is 341 g/mol. The van der Waals surface area contributed by atoms with E-state index in [9.17, 15) is 13.2 Å². The van der Waals surface area contributed by atoms with Crippen molar-refractivity contribution >= 4 is 15.7 Å². The molecule has 7 nitrogen and oxygen atoms in total. The number of nitrogens with zero attached hydrogens (tertiary/aromatic N) is 1. The largest absolute Gasteiger partial charge is 0.493 e. The molecule has 8 heteroatoms. The highest BCUT2D eigenvalue weighted by Gasteiger charge is 2.50. The molecule has 2 atom stereocenters. The molecule has 0 N–H and O–H groups in total. The van der Waals surface area contributed by atoms with Gasteiger partial charge in [0, 0.05) is 12.6 Å². The topological polar surface area (TPSA) is 82.1 Å². The van der Waals surface area contributed by atoms with E-state index in [2.05, 4.69) is 0 Å². The molecule has 0 aromatic heterocycles. The summed E-state index contributed by atoms with van der Waals surface area (Å²) in [6.07, 6.45) is 0.518. The number of likely N-dealkylation sites (tertiary alicyclic amines) is 1. The molecule has 2 saturated heterocycles. The Morgan fingerprint density at radius 2 is 1.83 bits per heavy atom. The van der Waals surface area contributed by atoms with Crippen molar-refractivity contribution in [1.82, 2.24) is 4.90 Å². The van der Waals surface area contributed by atoms with Gasteiger partial charge in [-0.15, -0.1) is 0 Å². The van der Waals surface area contributed by atoms with E-state index in [4.69, 9.17) is 14.2 Å². The minimum Gasteiger partial charge on any atom is -0.493 e. The zero-order valence-corrected chi connectivity index (χ0v) is 14.1. The number of carbonyl (C=O) groups is 1. The van der Waals surface area contributed by atoms with E-state index in [-0.39, 0.29) is 24.2 Å². The Labute approximate surface area is 135 Å². The smallest absolute Gasteiger partial charge is 0.258 e. The molecule has 2 unspecified atom stereocenters. The Kier molecular flexibility index (Phi) is 3.87. The number of fused-ring (bicyclic) bond motifs is 2. The minimum absolute atomic E-state index is 0.0407. The molecule has 2 fully saturated rings. The van der Waals surface area contributed by atoms with Crippen LogP contribution < -0.4 is 14.2 Å². The number of benzene rings is 1. The van der Waals surface area contributed by atoms with Crippen molar-refractivity contribution in [2.75, 3.05) is 33.6 Å². The van der Waals surface area contributed by atoms with Gasteiger partial charge in [-0.25, -0.2) is 8.42 Å². The summed E-state index contributed by atoms with van der Waals surface area (Å²) in [5, 5.41) is -0.442. The average Bonchev–Trinajstić information content (AvgIpc) is 3.08. The normalized spacial score (nSPS) is 24.6. The summed E-state index contributed by atoms with van der Waals surface area (Å²) < 4.78 is 39.5. The molecule has 0 aliphatic carbocycles. The van der Waals surface area contributed by atoms with Gasteiger partial charge in [-0.05, 0) is 18.6 Å². The van der Waals surface area contributed by atoms with E-state index in [1.807, 2.05) is 0 Å². The van der Waals surface area contributed by atoms with Gasteiger partial charge in [0.1, 0.15) is 0 Å². The first-order valence-corrected chi connectivity index (χ1v) is 8.96. The molecule has 2 heterocycles. The highest BCUT2D eigenvalue weighted by atomic mass is 32.2. The number of ether oxygens (including phenoxy) is 3. The molecule has 0 saturated carbocycles. The van der Waals surface area contributed by atoms with Crippen molar-refractivity contribution in [2.24, 2.45) is 0 Å². The SMILES string of the molecule is COc1ccc(C(=O)N2CC3CC2CS3(=O)=O)c(OC)c1OC. The lowest BCUT2D eigenvalue weighted by Crippen LogP contribution is -2.44. The predicted molar refractivity (Wildman–Crippen MR) is 83.1 cm³/mol. The van der Waals surface area contributed by atoms with Crippen LogP contribution in [0.1, 0.15) is 16.8 Å². The summed E-state index contributed by atoms with van der Waals surface area (Å²) in [5.41, 5.74) is 0.343. The van der Waals surface area contributed by atoms with Crippen LogP contribution in [-0.4, -0.2) is 64.1 Å². The molecular weight excluding hydrogens is 322 g/mol. The maximum atomic E-state index is 12.9. The van der Waals surface area contributed by atoms with E-state index in [0.29, 0.717) is 29.2 Å². The second-order valence-electron chi connectivity index (χ2n) is 5.68. The molecule has 2 aliphatic heterocycles. The fourth-order valence-corrected chi connectivity index (χ4v) is 5.40. The van der Waals surface area contributed by atoms with E-state index in [1.165, 1.54) is 21.3 Å². The van der Waals surface area contributed by atoms with E-state index < -0.39 is 15.1 Å². The van der Waals surface area contributed by atoms with Crippen LogP contribution in [0, 0.1) is 0 Å². The Bertz CT molecular complexity index is 745. The highest BCUT2D eigenvalue weighted by molar-refractivity contribution is 7.92. The van der Waals surface area contributed by atoms with Crippen LogP contribution in [0.2, 0.25) is 0 Å². The van der Waals surface area contributed by atoms with Crippen LogP contribution in [0.3, 0.4) is 0 Å². The van der Waals surface area contributed by atoms with Crippen molar-refractivity contribution in [3.05, 3.63) is 17.7 Å². The number of sulfone groups is 1. The zero-order chi connectivity index (χ0) is 16.8. The molecule has 2 aliphatic rings. The highest BCUT2D eigenvalue weighted by Crippen LogP contribution is 2.42. The zero-order valence-electron chi connectivity index (χ0n) is 13.2. The lowest BCUT2D eigenvalue weighted by Gasteiger charge is -2.27. The molecule has 1 amide bonds. The molecule has 23 heavy (non-hydrogen) atoms. The maximum absolute atomic E-state index is 12.9. The first-order chi connectivity index (χ1) is 10.9. The summed E-state index contributed by atoms with van der Waals surface area (Å²) >= 11 is 0. The molecule has 1 aromatic carbocycles. The minimum atomic E-state index is -3.05. The Morgan fingerprint density at radius 1 is 1.13 bits per heavy atom. The summed E-state index contributed by atoms with van der Waals surface area (Å²) in [6.45, 7) is 0.239. The van der Waals surface area contributed by atoms with Gasteiger partial charge < -0.3 is 19.1 Å². The molecule has 0 radical (unpaired) electrons. The van der Waals surface area contributed by atoms with Gasteiger partial charge in [0.15, 0.2) is 21.3 Å². The molecular formula is C15H19NO6S. The van der Waals surface area contributed by atoms with Gasteiger partial charge in [-0.2, -0.15) is 0 Å². The Hall–Kier alpha value is -1.96. The van der Waals surface area contributed by atoms with Crippen molar-refractivity contribution < 1.29 is 27.4 Å². The van der Waals surface area contributed by atoms with Crippen LogP contribution in [0.5, 0.6) is 17.2 Å². The van der Waals surface area contributed by atoms with Crippen LogP contribution >= 0.6 is 0 Å². The van der Waals surface area contributed by atoms with Crippen LogP contribution in [0.25, 0.3) is 0 Å². The average molecular weight is 341 g/mol. The number of hydrogen-bond acceptors (Lipinski definition) is 6. The first kappa shape index (κ1) is 15.9. The van der Waals surface area contributed by atoms with Crippen molar-refractivity contribution in [2.45, 2.75) is 17.7 Å². The molecule has 0 spiro atoms. The van der Waals surface area contributed by atoms with Gasteiger partial charge >= 0.3 is 0 Å². The van der Waals surface area contributed by atoms with Gasteiger partial charge in [0.25, 0.3) is 5.91 Å². The lowest BCUT2D eigenvalue weighted by atomic mass is 10.1. The molecule has 2 bridgehead atoms. The maximum Gasteiger partial charge on any atom is 0.258 e.